The Balaban J connectivity index is 1.68. The smallest absolute Gasteiger partial charge is 0.307 e. The van der Waals surface area contributed by atoms with E-state index in [0.29, 0.717) is 32.7 Å². The molecule has 24 heteroatoms. The quantitative estimate of drug-likeness (QED) is 0.0285. The molecule has 4 aromatic carbocycles. The molecule has 0 heterocycles. The fourth-order valence-electron chi connectivity index (χ4n) is 7.26. The number of benzene rings is 4. The lowest BCUT2D eigenvalue weighted by Crippen LogP contribution is -2.26. The lowest BCUT2D eigenvalue weighted by atomic mass is 9.93. The molecule has 0 radical (unpaired) electrons. The maximum atomic E-state index is 12.5. The molecule has 85 heavy (non-hydrogen) atoms. The highest BCUT2D eigenvalue weighted by molar-refractivity contribution is 5.93. The highest BCUT2D eigenvalue weighted by atomic mass is 16.6. The molecule has 452 valence electrons. The number of carbonyl (C=O) groups is 8. The molecule has 0 fully saturated rings. The van der Waals surface area contributed by atoms with E-state index >= 15 is 0 Å². The Kier molecular flexibility index (Phi) is 30.0. The standard InChI is InChI=1S/C61H64O24/c1-5-25-74-54(66)17-21-58(70)82-36-42(62)32-78-46-13-9-40-11-15-52(80-34-44(64)38-84-60(72)23-19-56(68)76-27-7-3)50(48(40)29-46)31-51-49-30-47(79-33-43(63)37-83-59(71)22-18-55(67)75-26-6-2)14-10-41(49)12-16-53(51)81-35-45(65)39-85-61(73)24-20-57(69)77-28-8-4/h1-4,9-16,29-30,42-45,62-65H,17-28,31-39H2. The molecule has 4 rings (SSSR count). The third-order valence-electron chi connectivity index (χ3n) is 11.4. The number of ether oxygens (including phenoxy) is 12. The zero-order valence-corrected chi connectivity index (χ0v) is 46.2. The zero-order chi connectivity index (χ0) is 61.9. The molecule has 0 aliphatic rings. The summed E-state index contributed by atoms with van der Waals surface area (Å²) in [6.07, 6.45) is 12.3. The van der Waals surface area contributed by atoms with E-state index in [4.69, 9.17) is 82.5 Å². The Morgan fingerprint density at radius 2 is 0.588 bits per heavy atom. The molecule has 0 aromatic heterocycles. The van der Waals surface area contributed by atoms with Gasteiger partial charge in [-0.2, -0.15) is 0 Å². The van der Waals surface area contributed by atoms with E-state index in [-0.39, 0.29) is 120 Å². The van der Waals surface area contributed by atoms with Gasteiger partial charge in [0.25, 0.3) is 0 Å². The van der Waals surface area contributed by atoms with Crippen LogP contribution >= 0.6 is 0 Å². The number of terminal acetylenes is 4. The molecule has 0 bridgehead atoms. The Hall–Kier alpha value is -9.56. The average Bonchev–Trinajstić information content (AvgIpc) is 3.01. The molecular weight excluding hydrogens is 1120 g/mol. The summed E-state index contributed by atoms with van der Waals surface area (Å²) < 4.78 is 64.0. The summed E-state index contributed by atoms with van der Waals surface area (Å²) >= 11 is 0. The number of hydrogen-bond acceptors (Lipinski definition) is 24. The van der Waals surface area contributed by atoms with Gasteiger partial charge in [0.15, 0.2) is 26.4 Å². The fraction of sp³-hybridized carbons (Fsp3) is 0.410. The van der Waals surface area contributed by atoms with E-state index in [9.17, 15) is 58.8 Å². The third-order valence-corrected chi connectivity index (χ3v) is 11.4. The number of rotatable bonds is 38. The maximum absolute atomic E-state index is 12.5. The lowest BCUT2D eigenvalue weighted by Gasteiger charge is -2.21. The predicted molar refractivity (Wildman–Crippen MR) is 297 cm³/mol. The summed E-state index contributed by atoms with van der Waals surface area (Å²) in [5.74, 6) is 3.38. The van der Waals surface area contributed by atoms with Crippen molar-refractivity contribution in [2.24, 2.45) is 0 Å². The predicted octanol–water partition coefficient (Wildman–Crippen LogP) is 2.54. The van der Waals surface area contributed by atoms with Crippen LogP contribution < -0.4 is 18.9 Å². The van der Waals surface area contributed by atoms with Crippen molar-refractivity contribution in [1.82, 2.24) is 0 Å². The summed E-state index contributed by atoms with van der Waals surface area (Å²) in [7, 11) is 0. The molecule has 0 spiro atoms. The Bertz CT molecular complexity index is 2890. The minimum absolute atomic E-state index is 0.0718. The number of hydrogen-bond donors (Lipinski definition) is 4. The minimum Gasteiger partial charge on any atom is -0.491 e. The normalized spacial score (nSPS) is 12.0. The van der Waals surface area contributed by atoms with Gasteiger partial charge in [-0.05, 0) is 57.9 Å². The lowest BCUT2D eigenvalue weighted by molar-refractivity contribution is -0.151. The molecule has 0 saturated heterocycles. The van der Waals surface area contributed by atoms with Crippen molar-refractivity contribution in [3.8, 4) is 72.4 Å². The van der Waals surface area contributed by atoms with E-state index in [1.54, 1.807) is 60.7 Å². The Morgan fingerprint density at radius 3 is 0.859 bits per heavy atom. The van der Waals surface area contributed by atoms with Crippen LogP contribution in [0.25, 0.3) is 21.5 Å². The van der Waals surface area contributed by atoms with Gasteiger partial charge in [-0.3, -0.25) is 38.4 Å². The van der Waals surface area contributed by atoms with Crippen molar-refractivity contribution < 1.29 is 116 Å². The number of fused-ring (bicyclic) bond motifs is 2. The average molecular weight is 1180 g/mol. The monoisotopic (exact) mass is 1180 g/mol. The summed E-state index contributed by atoms with van der Waals surface area (Å²) in [6, 6.07) is 16.6. The van der Waals surface area contributed by atoms with Gasteiger partial charge >= 0.3 is 47.8 Å². The first-order valence-corrected chi connectivity index (χ1v) is 26.2. The van der Waals surface area contributed by atoms with Gasteiger partial charge in [0.1, 0.15) is 100 Å². The van der Waals surface area contributed by atoms with E-state index in [0.717, 1.165) is 0 Å². The maximum Gasteiger partial charge on any atom is 0.307 e. The second-order valence-electron chi connectivity index (χ2n) is 18.1. The van der Waals surface area contributed by atoms with Gasteiger partial charge in [0, 0.05) is 17.5 Å². The van der Waals surface area contributed by atoms with Crippen molar-refractivity contribution in [2.75, 3.05) is 79.3 Å². The first kappa shape index (κ1) is 67.9. The van der Waals surface area contributed by atoms with Crippen molar-refractivity contribution in [3.63, 3.8) is 0 Å². The van der Waals surface area contributed by atoms with Gasteiger partial charge in [-0.25, -0.2) is 0 Å². The van der Waals surface area contributed by atoms with Gasteiger partial charge in [0.05, 0.1) is 51.4 Å². The summed E-state index contributed by atoms with van der Waals surface area (Å²) in [5.41, 5.74) is 0.877. The minimum atomic E-state index is -1.40. The molecule has 4 atom stereocenters. The number of aliphatic hydroxyl groups is 4. The van der Waals surface area contributed by atoms with Gasteiger partial charge in [-0.15, -0.1) is 25.7 Å². The highest BCUT2D eigenvalue weighted by Gasteiger charge is 2.22. The van der Waals surface area contributed by atoms with Crippen LogP contribution in [0.4, 0.5) is 0 Å². The molecular formula is C61H64O24. The van der Waals surface area contributed by atoms with Crippen molar-refractivity contribution >= 4 is 69.3 Å². The summed E-state index contributed by atoms with van der Waals surface area (Å²) in [4.78, 5) is 96.7. The van der Waals surface area contributed by atoms with Crippen LogP contribution in [-0.4, -0.2) is 172 Å². The van der Waals surface area contributed by atoms with Gasteiger partial charge in [0.2, 0.25) is 0 Å². The second-order valence-corrected chi connectivity index (χ2v) is 18.1. The van der Waals surface area contributed by atoms with Crippen LogP contribution in [0.15, 0.2) is 60.7 Å². The molecule has 0 saturated carbocycles. The molecule has 4 aromatic rings. The third kappa shape index (κ3) is 26.1. The van der Waals surface area contributed by atoms with Crippen LogP contribution in [0.5, 0.6) is 23.0 Å². The molecule has 0 aliphatic carbocycles. The first-order valence-electron chi connectivity index (χ1n) is 26.2. The van der Waals surface area contributed by atoms with Crippen LogP contribution in [-0.2, 0) is 82.7 Å². The Morgan fingerprint density at radius 1 is 0.341 bits per heavy atom. The summed E-state index contributed by atoms with van der Waals surface area (Å²) in [6.45, 7) is -4.69. The molecule has 4 N–H and O–H groups in total. The van der Waals surface area contributed by atoms with E-state index < -0.39 is 112 Å². The number of carbonyl (C=O) groups excluding carboxylic acids is 8. The topological polar surface area (TPSA) is 328 Å². The van der Waals surface area contributed by atoms with Crippen LogP contribution in [0.3, 0.4) is 0 Å². The molecule has 24 nitrogen and oxygen atoms in total. The SMILES string of the molecule is C#CCOC(=O)CCC(=O)OCC(O)COc1ccc2ccc(OCC(O)COC(=O)CCC(=O)OCC#C)c(Cc3c(OCC(O)COC(=O)CCC(=O)OCC#C)ccc4ccc(OCC(O)COC(=O)CCC(=O)OCC#C)cc34)c2c1. The fourth-order valence-corrected chi connectivity index (χ4v) is 7.26. The molecule has 0 amide bonds. The second kappa shape index (κ2) is 37.5. The Labute approximate surface area is 489 Å². The van der Waals surface area contributed by atoms with E-state index in [1.807, 2.05) is 0 Å². The van der Waals surface area contributed by atoms with Crippen molar-refractivity contribution in [1.29, 1.82) is 0 Å². The van der Waals surface area contributed by atoms with Crippen LogP contribution in [0.2, 0.25) is 0 Å². The van der Waals surface area contributed by atoms with Crippen molar-refractivity contribution in [3.05, 3.63) is 71.8 Å². The van der Waals surface area contributed by atoms with Crippen molar-refractivity contribution in [2.45, 2.75) is 82.2 Å². The summed E-state index contributed by atoms with van der Waals surface area (Å²) in [5, 5.41) is 45.7. The van der Waals surface area contributed by atoms with Crippen LogP contribution in [0.1, 0.15) is 62.5 Å². The first-order chi connectivity index (χ1) is 40.9. The number of aliphatic hydroxyl groups excluding tert-OH is 4. The highest BCUT2D eigenvalue weighted by Crippen LogP contribution is 2.39. The molecule has 0 aliphatic heterocycles. The van der Waals surface area contributed by atoms with Gasteiger partial charge < -0.3 is 77.3 Å². The molecule has 4 unspecified atom stereocenters. The van der Waals surface area contributed by atoms with E-state index in [2.05, 4.69) is 23.7 Å². The largest absolute Gasteiger partial charge is 0.491 e. The van der Waals surface area contributed by atoms with Crippen LogP contribution in [0, 0.1) is 49.4 Å². The number of esters is 8. The van der Waals surface area contributed by atoms with E-state index in [1.165, 1.54) is 0 Å². The zero-order valence-electron chi connectivity index (χ0n) is 46.2. The van der Waals surface area contributed by atoms with Gasteiger partial charge in [-0.1, -0.05) is 47.9 Å².